The van der Waals surface area contributed by atoms with Gasteiger partial charge in [0.2, 0.25) is 11.7 Å². The lowest BCUT2D eigenvalue weighted by Gasteiger charge is -2.34. The first-order chi connectivity index (χ1) is 15.8. The number of carbonyl (C=O) groups is 1. The third-order valence-corrected chi connectivity index (χ3v) is 6.33. The van der Waals surface area contributed by atoms with Gasteiger partial charge in [0.25, 0.3) is 5.91 Å². The first-order valence-corrected chi connectivity index (χ1v) is 11.5. The summed E-state index contributed by atoms with van der Waals surface area (Å²) < 4.78 is 7.04. The molecule has 0 saturated carbocycles. The van der Waals surface area contributed by atoms with Crippen molar-refractivity contribution in [2.45, 2.75) is 12.8 Å². The lowest BCUT2D eigenvalue weighted by atomic mass is 10.2. The van der Waals surface area contributed by atoms with Crippen LogP contribution in [-0.2, 0) is 6.42 Å². The van der Waals surface area contributed by atoms with Crippen LogP contribution in [0.25, 0.3) is 16.5 Å². The van der Waals surface area contributed by atoms with E-state index < -0.39 is 0 Å². The predicted octanol–water partition coefficient (Wildman–Crippen LogP) is 2.77. The molecule has 4 aromatic heterocycles. The number of nitrogens with zero attached hydrogens (tertiary/aromatic N) is 7. The molecule has 5 rings (SSSR count). The van der Waals surface area contributed by atoms with E-state index in [2.05, 4.69) is 25.1 Å². The number of amides is 1. The zero-order valence-electron chi connectivity index (χ0n) is 17.5. The van der Waals surface area contributed by atoms with Gasteiger partial charge in [-0.05, 0) is 42.6 Å². The van der Waals surface area contributed by atoms with E-state index in [1.807, 2.05) is 46.8 Å². The van der Waals surface area contributed by atoms with Gasteiger partial charge in [0.15, 0.2) is 5.82 Å². The molecule has 1 aliphatic rings. The number of rotatable bonds is 7. The van der Waals surface area contributed by atoms with Crippen LogP contribution in [0.1, 0.15) is 22.7 Å². The standard InChI is InChI=1S/C22H23N7O2S/c30-22(17-6-7-19(23-16-17)29-10-3-8-24-29)28-13-11-27(12-14-28)9-1-5-20-25-21(26-31-20)18-4-2-15-32-18/h2-4,6-8,10,15-16H,1,5,9,11-14H2. The second kappa shape index (κ2) is 9.41. The Morgan fingerprint density at radius 1 is 1.12 bits per heavy atom. The van der Waals surface area contributed by atoms with Gasteiger partial charge in [-0.3, -0.25) is 9.69 Å². The summed E-state index contributed by atoms with van der Waals surface area (Å²) in [5.74, 6) is 2.05. The number of aryl methyl sites for hydroxylation is 1. The van der Waals surface area contributed by atoms with Gasteiger partial charge >= 0.3 is 0 Å². The summed E-state index contributed by atoms with van der Waals surface area (Å²) in [6.07, 6.45) is 6.85. The van der Waals surface area contributed by atoms with Crippen molar-refractivity contribution in [3.63, 3.8) is 0 Å². The van der Waals surface area contributed by atoms with Crippen LogP contribution < -0.4 is 0 Å². The van der Waals surface area contributed by atoms with Crippen molar-refractivity contribution in [1.29, 1.82) is 0 Å². The molecule has 0 spiro atoms. The smallest absolute Gasteiger partial charge is 0.255 e. The highest BCUT2D eigenvalue weighted by Crippen LogP contribution is 2.21. The highest BCUT2D eigenvalue weighted by atomic mass is 32.1. The van der Waals surface area contributed by atoms with E-state index >= 15 is 0 Å². The lowest BCUT2D eigenvalue weighted by Crippen LogP contribution is -2.48. The van der Waals surface area contributed by atoms with E-state index in [1.165, 1.54) is 0 Å². The van der Waals surface area contributed by atoms with Crippen molar-refractivity contribution in [2.75, 3.05) is 32.7 Å². The molecular weight excluding hydrogens is 426 g/mol. The summed E-state index contributed by atoms with van der Waals surface area (Å²) >= 11 is 1.60. The Bertz CT molecular complexity index is 1130. The molecule has 0 radical (unpaired) electrons. The zero-order chi connectivity index (χ0) is 21.8. The van der Waals surface area contributed by atoms with Crippen molar-refractivity contribution in [3.05, 3.63) is 65.8 Å². The van der Waals surface area contributed by atoms with E-state index in [0.717, 1.165) is 37.4 Å². The molecule has 1 amide bonds. The van der Waals surface area contributed by atoms with Crippen LogP contribution in [0.2, 0.25) is 0 Å². The van der Waals surface area contributed by atoms with E-state index in [4.69, 9.17) is 4.52 Å². The van der Waals surface area contributed by atoms with Gasteiger partial charge in [-0.1, -0.05) is 11.2 Å². The lowest BCUT2D eigenvalue weighted by molar-refractivity contribution is 0.0635. The first kappa shape index (κ1) is 20.5. The third-order valence-electron chi connectivity index (χ3n) is 5.47. The molecule has 1 fully saturated rings. The van der Waals surface area contributed by atoms with Gasteiger partial charge in [0.1, 0.15) is 0 Å². The molecule has 32 heavy (non-hydrogen) atoms. The Morgan fingerprint density at radius 2 is 2.03 bits per heavy atom. The zero-order valence-corrected chi connectivity index (χ0v) is 18.3. The normalized spacial score (nSPS) is 14.7. The number of pyridine rings is 1. The van der Waals surface area contributed by atoms with Gasteiger partial charge < -0.3 is 9.42 Å². The highest BCUT2D eigenvalue weighted by Gasteiger charge is 2.22. The van der Waals surface area contributed by atoms with E-state index in [0.29, 0.717) is 36.2 Å². The Hall–Kier alpha value is -3.37. The average molecular weight is 450 g/mol. The second-order valence-electron chi connectivity index (χ2n) is 7.58. The van der Waals surface area contributed by atoms with Crippen LogP contribution in [0, 0.1) is 0 Å². The van der Waals surface area contributed by atoms with E-state index in [1.54, 1.807) is 28.4 Å². The minimum absolute atomic E-state index is 0.0242. The number of aromatic nitrogens is 5. The van der Waals surface area contributed by atoms with E-state index in [9.17, 15) is 4.79 Å². The summed E-state index contributed by atoms with van der Waals surface area (Å²) in [6.45, 7) is 4.08. The first-order valence-electron chi connectivity index (χ1n) is 10.6. The largest absolute Gasteiger partial charge is 0.339 e. The van der Waals surface area contributed by atoms with Gasteiger partial charge in [0.05, 0.1) is 10.4 Å². The van der Waals surface area contributed by atoms with Crippen molar-refractivity contribution >= 4 is 17.2 Å². The molecular formula is C22H23N7O2S. The molecule has 10 heteroatoms. The average Bonchev–Trinajstić information content (AvgIpc) is 3.62. The fourth-order valence-corrected chi connectivity index (χ4v) is 4.37. The summed E-state index contributed by atoms with van der Waals surface area (Å²) in [5.41, 5.74) is 0.604. The maximum absolute atomic E-state index is 12.8. The van der Waals surface area contributed by atoms with Crippen LogP contribution in [0.5, 0.6) is 0 Å². The Labute approximate surface area is 189 Å². The molecule has 0 N–H and O–H groups in total. The molecule has 4 aromatic rings. The summed E-state index contributed by atoms with van der Waals surface area (Å²) in [6, 6.07) is 9.44. The molecule has 0 unspecified atom stereocenters. The van der Waals surface area contributed by atoms with Crippen molar-refractivity contribution in [2.24, 2.45) is 0 Å². The third kappa shape index (κ3) is 4.61. The molecule has 1 saturated heterocycles. The Morgan fingerprint density at radius 3 is 2.75 bits per heavy atom. The van der Waals surface area contributed by atoms with Crippen LogP contribution >= 0.6 is 11.3 Å². The topological polar surface area (TPSA) is 93.2 Å². The van der Waals surface area contributed by atoms with Crippen LogP contribution in [0.3, 0.4) is 0 Å². The number of hydrogen-bond donors (Lipinski definition) is 0. The van der Waals surface area contributed by atoms with Crippen LogP contribution in [0.4, 0.5) is 0 Å². The monoisotopic (exact) mass is 449 g/mol. The summed E-state index contributed by atoms with van der Waals surface area (Å²) in [7, 11) is 0. The quantitative estimate of drug-likeness (QED) is 0.428. The molecule has 164 valence electrons. The fraction of sp³-hybridized carbons (Fsp3) is 0.318. The van der Waals surface area contributed by atoms with Gasteiger partial charge in [-0.25, -0.2) is 9.67 Å². The van der Waals surface area contributed by atoms with Crippen molar-refractivity contribution in [3.8, 4) is 16.5 Å². The second-order valence-corrected chi connectivity index (χ2v) is 8.53. The van der Waals surface area contributed by atoms with Crippen molar-refractivity contribution < 1.29 is 9.32 Å². The molecule has 1 aliphatic heterocycles. The molecule has 9 nitrogen and oxygen atoms in total. The van der Waals surface area contributed by atoms with Crippen LogP contribution in [-0.4, -0.2) is 73.3 Å². The highest BCUT2D eigenvalue weighted by molar-refractivity contribution is 7.13. The Kier molecular flexibility index (Phi) is 6.04. The van der Waals surface area contributed by atoms with E-state index in [-0.39, 0.29) is 5.91 Å². The summed E-state index contributed by atoms with van der Waals surface area (Å²) in [5, 5.41) is 10.2. The summed E-state index contributed by atoms with van der Waals surface area (Å²) in [4.78, 5) is 27.0. The SMILES string of the molecule is O=C(c1ccc(-n2cccn2)nc1)N1CCN(CCCc2nc(-c3cccs3)no2)CC1. The molecule has 0 atom stereocenters. The number of piperazine rings is 1. The Balaban J connectivity index is 1.07. The predicted molar refractivity (Wildman–Crippen MR) is 120 cm³/mol. The minimum Gasteiger partial charge on any atom is -0.339 e. The maximum atomic E-state index is 12.8. The molecule has 0 aromatic carbocycles. The van der Waals surface area contributed by atoms with Crippen molar-refractivity contribution in [1.82, 2.24) is 34.7 Å². The minimum atomic E-state index is 0.0242. The number of hydrogen-bond acceptors (Lipinski definition) is 8. The van der Waals surface area contributed by atoms with Gasteiger partial charge in [0, 0.05) is 51.2 Å². The fourth-order valence-electron chi connectivity index (χ4n) is 3.73. The van der Waals surface area contributed by atoms with Gasteiger partial charge in [-0.2, -0.15) is 10.1 Å². The maximum Gasteiger partial charge on any atom is 0.255 e. The van der Waals surface area contributed by atoms with Crippen LogP contribution in [0.15, 0.2) is 58.8 Å². The number of thiophene rings is 1. The van der Waals surface area contributed by atoms with Gasteiger partial charge in [-0.15, -0.1) is 11.3 Å². The number of carbonyl (C=O) groups excluding carboxylic acids is 1. The molecule has 5 heterocycles. The molecule has 0 bridgehead atoms. The molecule has 0 aliphatic carbocycles.